The Labute approximate surface area is 108 Å². The largest absolute Gasteiger partial charge is 0.491 e. The fraction of sp³-hybridized carbons (Fsp3) is 0.400. The van der Waals surface area contributed by atoms with Crippen molar-refractivity contribution in [3.63, 3.8) is 0 Å². The molecule has 0 unspecified atom stereocenters. The SMILES string of the molecule is CCc1cc(NC)c2cc(OC(C)C)ccc2n1. The zero-order valence-electron chi connectivity index (χ0n) is 11.4. The van der Waals surface area contributed by atoms with Crippen molar-refractivity contribution in [2.75, 3.05) is 12.4 Å². The number of hydrogen-bond acceptors (Lipinski definition) is 3. The maximum absolute atomic E-state index is 5.72. The molecule has 0 bridgehead atoms. The van der Waals surface area contributed by atoms with Gasteiger partial charge in [0.2, 0.25) is 0 Å². The number of nitrogens with zero attached hydrogens (tertiary/aromatic N) is 1. The molecule has 18 heavy (non-hydrogen) atoms. The number of nitrogens with one attached hydrogen (secondary N) is 1. The number of aryl methyl sites for hydroxylation is 1. The van der Waals surface area contributed by atoms with Gasteiger partial charge in [-0.1, -0.05) is 6.92 Å². The maximum Gasteiger partial charge on any atom is 0.120 e. The Hall–Kier alpha value is -1.77. The van der Waals surface area contributed by atoms with Gasteiger partial charge >= 0.3 is 0 Å². The van der Waals surface area contributed by atoms with Crippen LogP contribution < -0.4 is 10.1 Å². The summed E-state index contributed by atoms with van der Waals surface area (Å²) in [5.74, 6) is 0.889. The molecule has 1 aromatic heterocycles. The molecule has 0 amide bonds. The second-order valence-electron chi connectivity index (χ2n) is 4.61. The molecule has 1 heterocycles. The molecule has 96 valence electrons. The van der Waals surface area contributed by atoms with Crippen LogP contribution in [0.15, 0.2) is 24.3 Å². The zero-order valence-corrected chi connectivity index (χ0v) is 11.4. The summed E-state index contributed by atoms with van der Waals surface area (Å²) in [6, 6.07) is 8.15. The van der Waals surface area contributed by atoms with Crippen molar-refractivity contribution in [2.45, 2.75) is 33.3 Å². The van der Waals surface area contributed by atoms with Crippen molar-refractivity contribution in [3.8, 4) is 5.75 Å². The third kappa shape index (κ3) is 2.55. The monoisotopic (exact) mass is 244 g/mol. The second-order valence-corrected chi connectivity index (χ2v) is 4.61. The summed E-state index contributed by atoms with van der Waals surface area (Å²) < 4.78 is 5.72. The number of aromatic nitrogens is 1. The second kappa shape index (κ2) is 5.25. The van der Waals surface area contributed by atoms with Gasteiger partial charge in [-0.3, -0.25) is 4.98 Å². The van der Waals surface area contributed by atoms with Crippen molar-refractivity contribution in [2.24, 2.45) is 0 Å². The first-order chi connectivity index (χ1) is 8.63. The lowest BCUT2D eigenvalue weighted by atomic mass is 10.1. The van der Waals surface area contributed by atoms with E-state index < -0.39 is 0 Å². The number of hydrogen-bond donors (Lipinski definition) is 1. The van der Waals surface area contributed by atoms with Crippen LogP contribution in [0.3, 0.4) is 0 Å². The fourth-order valence-electron chi connectivity index (χ4n) is 1.99. The summed E-state index contributed by atoms with van der Waals surface area (Å²) in [5, 5.41) is 4.33. The van der Waals surface area contributed by atoms with Crippen LogP contribution in [-0.2, 0) is 6.42 Å². The first kappa shape index (κ1) is 12.7. The van der Waals surface area contributed by atoms with Gasteiger partial charge in [-0.2, -0.15) is 0 Å². The Bertz CT molecular complexity index is 549. The first-order valence-corrected chi connectivity index (χ1v) is 6.42. The van der Waals surface area contributed by atoms with Gasteiger partial charge in [-0.05, 0) is 44.5 Å². The highest BCUT2D eigenvalue weighted by Gasteiger charge is 2.06. The minimum Gasteiger partial charge on any atom is -0.491 e. The molecular formula is C15H20N2O. The van der Waals surface area contributed by atoms with Gasteiger partial charge < -0.3 is 10.1 Å². The minimum absolute atomic E-state index is 0.184. The third-order valence-electron chi connectivity index (χ3n) is 2.84. The summed E-state index contributed by atoms with van der Waals surface area (Å²) in [6.07, 6.45) is 1.12. The highest BCUT2D eigenvalue weighted by Crippen LogP contribution is 2.27. The van der Waals surface area contributed by atoms with Crippen LogP contribution >= 0.6 is 0 Å². The molecule has 3 nitrogen and oxygen atoms in total. The minimum atomic E-state index is 0.184. The van der Waals surface area contributed by atoms with Crippen LogP contribution in [0.1, 0.15) is 26.5 Å². The molecule has 0 fully saturated rings. The third-order valence-corrected chi connectivity index (χ3v) is 2.84. The molecule has 0 saturated heterocycles. The van der Waals surface area contributed by atoms with Gasteiger partial charge in [0, 0.05) is 23.8 Å². The van der Waals surface area contributed by atoms with Gasteiger partial charge in [0.1, 0.15) is 5.75 Å². The van der Waals surface area contributed by atoms with Crippen LogP contribution in [0.2, 0.25) is 0 Å². The van der Waals surface area contributed by atoms with Crippen molar-refractivity contribution >= 4 is 16.6 Å². The number of ether oxygens (including phenoxy) is 1. The van der Waals surface area contributed by atoms with Crippen LogP contribution in [0, 0.1) is 0 Å². The number of benzene rings is 1. The zero-order chi connectivity index (χ0) is 13.1. The van der Waals surface area contributed by atoms with Gasteiger partial charge in [0.25, 0.3) is 0 Å². The first-order valence-electron chi connectivity index (χ1n) is 6.42. The van der Waals surface area contributed by atoms with Crippen LogP contribution in [0.4, 0.5) is 5.69 Å². The molecular weight excluding hydrogens is 224 g/mol. The van der Waals surface area contributed by atoms with E-state index in [0.717, 1.165) is 34.5 Å². The molecule has 1 aromatic carbocycles. The molecule has 0 atom stereocenters. The molecule has 2 rings (SSSR count). The molecule has 0 radical (unpaired) electrons. The number of fused-ring (bicyclic) bond motifs is 1. The molecule has 2 aromatic rings. The summed E-state index contributed by atoms with van der Waals surface area (Å²) in [6.45, 7) is 6.17. The Morgan fingerprint density at radius 3 is 2.67 bits per heavy atom. The summed E-state index contributed by atoms with van der Waals surface area (Å²) >= 11 is 0. The topological polar surface area (TPSA) is 34.1 Å². The molecule has 1 N–H and O–H groups in total. The highest BCUT2D eigenvalue weighted by molar-refractivity contribution is 5.92. The quantitative estimate of drug-likeness (QED) is 0.891. The van der Waals surface area contributed by atoms with Crippen molar-refractivity contribution in [1.82, 2.24) is 4.98 Å². The van der Waals surface area contributed by atoms with E-state index in [9.17, 15) is 0 Å². The van der Waals surface area contributed by atoms with Crippen LogP contribution in [-0.4, -0.2) is 18.1 Å². The highest BCUT2D eigenvalue weighted by atomic mass is 16.5. The van der Waals surface area contributed by atoms with E-state index >= 15 is 0 Å². The lowest BCUT2D eigenvalue weighted by Gasteiger charge is -2.12. The smallest absolute Gasteiger partial charge is 0.120 e. The average Bonchev–Trinajstić information content (AvgIpc) is 2.36. The lowest BCUT2D eigenvalue weighted by molar-refractivity contribution is 0.243. The molecule has 0 aliphatic rings. The van der Waals surface area contributed by atoms with E-state index in [0.29, 0.717) is 0 Å². The maximum atomic E-state index is 5.72. The molecule has 0 saturated carbocycles. The Kier molecular flexibility index (Phi) is 3.70. The van der Waals surface area contributed by atoms with E-state index in [1.807, 2.05) is 39.1 Å². The molecule has 0 aliphatic carbocycles. The van der Waals surface area contributed by atoms with Gasteiger partial charge in [-0.25, -0.2) is 0 Å². The Morgan fingerprint density at radius 1 is 1.28 bits per heavy atom. The summed E-state index contributed by atoms with van der Waals surface area (Å²) in [4.78, 5) is 4.63. The number of anilines is 1. The number of pyridine rings is 1. The van der Waals surface area contributed by atoms with Crippen molar-refractivity contribution < 1.29 is 4.74 Å². The molecule has 3 heteroatoms. The lowest BCUT2D eigenvalue weighted by Crippen LogP contribution is -2.05. The van der Waals surface area contributed by atoms with Crippen molar-refractivity contribution in [1.29, 1.82) is 0 Å². The summed E-state index contributed by atoms with van der Waals surface area (Å²) in [5.41, 5.74) is 3.21. The van der Waals surface area contributed by atoms with E-state index in [-0.39, 0.29) is 6.10 Å². The molecule has 0 aliphatic heterocycles. The van der Waals surface area contributed by atoms with Gasteiger partial charge in [-0.15, -0.1) is 0 Å². The molecule has 0 spiro atoms. The number of rotatable bonds is 4. The van der Waals surface area contributed by atoms with Crippen LogP contribution in [0.25, 0.3) is 10.9 Å². The van der Waals surface area contributed by atoms with E-state index in [1.54, 1.807) is 0 Å². The predicted octanol–water partition coefficient (Wildman–Crippen LogP) is 3.63. The van der Waals surface area contributed by atoms with E-state index in [4.69, 9.17) is 4.74 Å². The van der Waals surface area contributed by atoms with E-state index in [2.05, 4.69) is 23.3 Å². The van der Waals surface area contributed by atoms with Crippen molar-refractivity contribution in [3.05, 3.63) is 30.0 Å². The van der Waals surface area contributed by atoms with Gasteiger partial charge in [0.05, 0.1) is 11.6 Å². The Balaban J connectivity index is 2.54. The predicted molar refractivity (Wildman–Crippen MR) is 76.4 cm³/mol. The van der Waals surface area contributed by atoms with Gasteiger partial charge in [0.15, 0.2) is 0 Å². The normalized spacial score (nSPS) is 10.9. The van der Waals surface area contributed by atoms with Crippen LogP contribution in [0.5, 0.6) is 5.75 Å². The fourth-order valence-corrected chi connectivity index (χ4v) is 1.99. The summed E-state index contributed by atoms with van der Waals surface area (Å²) in [7, 11) is 1.93. The van der Waals surface area contributed by atoms with E-state index in [1.165, 1.54) is 0 Å². The Morgan fingerprint density at radius 2 is 2.06 bits per heavy atom. The average molecular weight is 244 g/mol. The standard InChI is InChI=1S/C15H20N2O/c1-5-11-8-15(16-4)13-9-12(18-10(2)3)6-7-14(13)17-11/h6-10H,5H2,1-4H3,(H,16,17).